The molecule has 0 aliphatic heterocycles. The van der Waals surface area contributed by atoms with Gasteiger partial charge in [-0.3, -0.25) is 14.5 Å². The number of thiazole rings is 1. The Morgan fingerprint density at radius 3 is 2.73 bits per heavy atom. The van der Waals surface area contributed by atoms with E-state index in [1.165, 1.54) is 23.1 Å². The van der Waals surface area contributed by atoms with Crippen LogP contribution in [0.2, 0.25) is 0 Å². The molecule has 0 spiro atoms. The second-order valence-corrected chi connectivity index (χ2v) is 7.79. The summed E-state index contributed by atoms with van der Waals surface area (Å²) in [7, 11) is 1.61. The Hall–Kier alpha value is -2.16. The van der Waals surface area contributed by atoms with Crippen molar-refractivity contribution >= 4 is 38.4 Å². The van der Waals surface area contributed by atoms with Crippen molar-refractivity contribution in [3.05, 3.63) is 18.2 Å². The molecular weight excluding hydrogens is 369 g/mol. The second-order valence-electron chi connectivity index (χ2n) is 6.78. The van der Waals surface area contributed by atoms with Crippen LogP contribution < -0.4 is 9.64 Å². The molecule has 2 aromatic rings. The third-order valence-corrected chi connectivity index (χ3v) is 6.22. The summed E-state index contributed by atoms with van der Waals surface area (Å²) in [5.41, 5.74) is 0.502. The van der Waals surface area contributed by atoms with E-state index in [1.54, 1.807) is 7.05 Å². The van der Waals surface area contributed by atoms with E-state index in [2.05, 4.69) is 9.72 Å². The van der Waals surface area contributed by atoms with E-state index < -0.39 is 6.36 Å². The number of hydrogen-bond donors (Lipinski definition) is 0. The maximum atomic E-state index is 12.8. The number of alkyl halides is 3. The molecule has 138 valence electrons. The maximum Gasteiger partial charge on any atom is 0.573 e. The van der Waals surface area contributed by atoms with E-state index in [0.717, 1.165) is 17.8 Å². The lowest BCUT2D eigenvalue weighted by Crippen LogP contribution is -2.36. The number of rotatable bonds is 3. The molecule has 5 nitrogen and oxygen atoms in total. The average Bonchev–Trinajstić information content (AvgIpc) is 3.24. The van der Waals surface area contributed by atoms with Crippen molar-refractivity contribution in [2.45, 2.75) is 25.6 Å². The minimum absolute atomic E-state index is 0.000192. The van der Waals surface area contributed by atoms with Crippen molar-refractivity contribution in [2.24, 2.45) is 17.8 Å². The van der Waals surface area contributed by atoms with Crippen LogP contribution in [0.15, 0.2) is 18.2 Å². The van der Waals surface area contributed by atoms with Gasteiger partial charge in [0.05, 0.1) is 10.2 Å². The number of ketones is 1. The fraction of sp³-hybridized carbons (Fsp3) is 0.471. The maximum absolute atomic E-state index is 12.8. The number of carbonyl (C=O) groups excluding carboxylic acids is 2. The van der Waals surface area contributed by atoms with Gasteiger partial charge in [0.1, 0.15) is 11.5 Å². The summed E-state index contributed by atoms with van der Waals surface area (Å²) in [4.78, 5) is 30.2. The lowest BCUT2D eigenvalue weighted by molar-refractivity contribution is -0.274. The predicted octanol–water partition coefficient (Wildman–Crippen LogP) is 3.77. The summed E-state index contributed by atoms with van der Waals surface area (Å²) < 4.78 is 41.5. The zero-order valence-corrected chi connectivity index (χ0v) is 14.6. The van der Waals surface area contributed by atoms with Crippen molar-refractivity contribution in [1.82, 2.24) is 4.98 Å². The molecule has 2 bridgehead atoms. The van der Waals surface area contributed by atoms with Crippen LogP contribution in [0.3, 0.4) is 0 Å². The van der Waals surface area contributed by atoms with Crippen LogP contribution in [-0.2, 0) is 9.59 Å². The van der Waals surface area contributed by atoms with Crippen LogP contribution in [0, 0.1) is 17.8 Å². The number of fused-ring (bicyclic) bond motifs is 3. The van der Waals surface area contributed by atoms with E-state index in [4.69, 9.17) is 0 Å². The monoisotopic (exact) mass is 384 g/mol. The molecular formula is C17H15F3N2O3S. The van der Waals surface area contributed by atoms with Gasteiger partial charge in [-0.15, -0.1) is 13.2 Å². The van der Waals surface area contributed by atoms with Gasteiger partial charge in [-0.2, -0.15) is 0 Å². The molecule has 2 saturated carbocycles. The van der Waals surface area contributed by atoms with E-state index in [9.17, 15) is 22.8 Å². The molecule has 1 aromatic carbocycles. The lowest BCUT2D eigenvalue weighted by Gasteiger charge is -2.24. The van der Waals surface area contributed by atoms with Crippen molar-refractivity contribution in [1.29, 1.82) is 0 Å². The van der Waals surface area contributed by atoms with Crippen molar-refractivity contribution in [2.75, 3.05) is 11.9 Å². The fourth-order valence-corrected chi connectivity index (χ4v) is 4.88. The minimum atomic E-state index is -4.76. The van der Waals surface area contributed by atoms with Gasteiger partial charge in [-0.05, 0) is 30.9 Å². The van der Waals surface area contributed by atoms with Gasteiger partial charge in [-0.1, -0.05) is 11.3 Å². The minimum Gasteiger partial charge on any atom is -0.406 e. The third-order valence-electron chi connectivity index (χ3n) is 5.13. The van der Waals surface area contributed by atoms with Crippen LogP contribution in [-0.4, -0.2) is 30.1 Å². The summed E-state index contributed by atoms with van der Waals surface area (Å²) in [6.45, 7) is 0. The number of nitrogens with zero attached hydrogens (tertiary/aromatic N) is 2. The van der Waals surface area contributed by atoms with Gasteiger partial charge in [0.15, 0.2) is 5.13 Å². The molecule has 0 unspecified atom stereocenters. The number of carbonyl (C=O) groups is 2. The highest BCUT2D eigenvalue weighted by molar-refractivity contribution is 7.22. The number of anilines is 1. The molecule has 1 aromatic heterocycles. The Morgan fingerprint density at radius 2 is 2.12 bits per heavy atom. The first-order valence-electron chi connectivity index (χ1n) is 8.18. The Bertz CT molecular complexity index is 895. The smallest absolute Gasteiger partial charge is 0.406 e. The van der Waals surface area contributed by atoms with E-state index in [-0.39, 0.29) is 35.2 Å². The quantitative estimate of drug-likeness (QED) is 0.808. The van der Waals surface area contributed by atoms with Gasteiger partial charge in [0.25, 0.3) is 0 Å². The molecule has 3 atom stereocenters. The fourth-order valence-electron chi connectivity index (χ4n) is 3.92. The Balaban J connectivity index is 1.54. The number of halogens is 3. The van der Waals surface area contributed by atoms with Crippen LogP contribution in [0.4, 0.5) is 18.3 Å². The van der Waals surface area contributed by atoms with Crippen molar-refractivity contribution in [3.8, 4) is 5.75 Å². The summed E-state index contributed by atoms with van der Waals surface area (Å²) in [6, 6.07) is 3.89. The molecule has 0 N–H and O–H groups in total. The average molecular weight is 384 g/mol. The van der Waals surface area contributed by atoms with Gasteiger partial charge < -0.3 is 4.74 Å². The number of hydrogen-bond acceptors (Lipinski definition) is 5. The van der Waals surface area contributed by atoms with E-state index >= 15 is 0 Å². The zero-order chi connectivity index (χ0) is 18.6. The molecule has 4 rings (SSSR count). The summed E-state index contributed by atoms with van der Waals surface area (Å²) in [6.07, 6.45) is -2.93. The highest BCUT2D eigenvalue weighted by Crippen LogP contribution is 2.47. The zero-order valence-electron chi connectivity index (χ0n) is 13.7. The van der Waals surface area contributed by atoms with Crippen molar-refractivity contribution in [3.63, 3.8) is 0 Å². The highest BCUT2D eigenvalue weighted by atomic mass is 32.1. The number of amides is 1. The summed E-state index contributed by atoms with van der Waals surface area (Å²) >= 11 is 1.13. The molecule has 9 heteroatoms. The number of aromatic nitrogens is 1. The first kappa shape index (κ1) is 17.3. The molecule has 2 aliphatic rings. The molecule has 0 saturated heterocycles. The van der Waals surface area contributed by atoms with Crippen LogP contribution in [0.1, 0.15) is 19.3 Å². The van der Waals surface area contributed by atoms with E-state index in [1.807, 2.05) is 0 Å². The number of Topliss-reactive ketones (excluding diaryl/α,β-unsaturated/α-hetero) is 1. The Labute approximate surface area is 150 Å². The highest BCUT2D eigenvalue weighted by Gasteiger charge is 2.48. The molecule has 1 amide bonds. The third kappa shape index (κ3) is 3.04. The number of benzene rings is 1. The lowest BCUT2D eigenvalue weighted by atomic mass is 9.87. The van der Waals surface area contributed by atoms with E-state index in [0.29, 0.717) is 28.2 Å². The summed E-state index contributed by atoms with van der Waals surface area (Å²) in [5, 5.41) is 0.420. The van der Waals surface area contributed by atoms with Crippen LogP contribution in [0.25, 0.3) is 10.2 Å². The molecule has 1 heterocycles. The van der Waals surface area contributed by atoms with Gasteiger partial charge in [-0.25, -0.2) is 4.98 Å². The standard InChI is InChI=1S/C17H15F3N2O3S/c1-22(15(24)11-5-9-4-8(11)6-13(9)23)16-21-12-3-2-10(7-14(12)26-16)25-17(18,19)20/h2-3,7-9,11H,4-6H2,1H3/t8-,9-,11-/m1/s1. The van der Waals surface area contributed by atoms with Gasteiger partial charge >= 0.3 is 6.36 Å². The topological polar surface area (TPSA) is 59.5 Å². The first-order valence-corrected chi connectivity index (χ1v) is 8.99. The Kier molecular flexibility index (Phi) is 3.94. The molecule has 26 heavy (non-hydrogen) atoms. The molecule has 2 fully saturated rings. The molecule has 2 aliphatic carbocycles. The van der Waals surface area contributed by atoms with Gasteiger partial charge in [0, 0.05) is 31.4 Å². The van der Waals surface area contributed by atoms with Crippen LogP contribution >= 0.6 is 11.3 Å². The van der Waals surface area contributed by atoms with Crippen LogP contribution in [0.5, 0.6) is 5.75 Å². The SMILES string of the molecule is CN(C(=O)[C@@H]1C[C@H]2C[C@@H]1CC2=O)c1nc2ccc(OC(F)(F)F)cc2s1. The normalized spacial score (nSPS) is 25.1. The predicted molar refractivity (Wildman–Crippen MR) is 89.0 cm³/mol. The van der Waals surface area contributed by atoms with Gasteiger partial charge in [0.2, 0.25) is 5.91 Å². The first-order chi connectivity index (χ1) is 12.2. The second kappa shape index (κ2) is 5.94. The summed E-state index contributed by atoms with van der Waals surface area (Å²) in [5.74, 6) is -0.238. The number of ether oxygens (including phenoxy) is 1. The van der Waals surface area contributed by atoms with Crippen molar-refractivity contribution < 1.29 is 27.5 Å². The molecule has 0 radical (unpaired) electrons. The largest absolute Gasteiger partial charge is 0.573 e. The Morgan fingerprint density at radius 1 is 1.35 bits per heavy atom.